The molecule has 126 valence electrons. The number of terminal acetylenes is 1. The maximum atomic E-state index is 5.82. The van der Waals surface area contributed by atoms with Gasteiger partial charge in [0.05, 0.1) is 0 Å². The molecule has 0 spiro atoms. The monoisotopic (exact) mass is 310 g/mol. The highest BCUT2D eigenvalue weighted by Gasteiger charge is 2.28. The molecule has 0 heterocycles. The van der Waals surface area contributed by atoms with Crippen LogP contribution >= 0.6 is 0 Å². The summed E-state index contributed by atoms with van der Waals surface area (Å²) in [6, 6.07) is 0. The zero-order valence-electron chi connectivity index (χ0n) is 15.8. The summed E-state index contributed by atoms with van der Waals surface area (Å²) in [6.45, 7) is 15.6. The minimum Gasteiger partial charge on any atom is -0.115 e. The molecule has 0 fully saturated rings. The van der Waals surface area contributed by atoms with Crippen molar-refractivity contribution in [2.45, 2.75) is 73.1 Å². The molecule has 0 saturated heterocycles. The van der Waals surface area contributed by atoms with Gasteiger partial charge < -0.3 is 0 Å². The second-order valence-corrected chi connectivity index (χ2v) is 7.39. The minimum absolute atomic E-state index is 0.376. The van der Waals surface area contributed by atoms with Crippen molar-refractivity contribution >= 4 is 0 Å². The third-order valence-corrected chi connectivity index (χ3v) is 5.48. The molecule has 1 aliphatic rings. The van der Waals surface area contributed by atoms with E-state index < -0.39 is 0 Å². The van der Waals surface area contributed by atoms with Crippen molar-refractivity contribution in [2.24, 2.45) is 11.3 Å². The quantitative estimate of drug-likeness (QED) is 0.334. The van der Waals surface area contributed by atoms with Crippen molar-refractivity contribution in [3.8, 4) is 12.3 Å². The molecule has 0 radical (unpaired) electrons. The third kappa shape index (κ3) is 5.28. The summed E-state index contributed by atoms with van der Waals surface area (Å²) in [6.07, 6.45) is 19.2. The lowest BCUT2D eigenvalue weighted by molar-refractivity contribution is 0.187. The highest BCUT2D eigenvalue weighted by atomic mass is 14.3. The molecule has 0 aromatic heterocycles. The van der Waals surface area contributed by atoms with Crippen LogP contribution in [0.15, 0.2) is 47.1 Å². The fourth-order valence-corrected chi connectivity index (χ4v) is 3.39. The molecule has 0 nitrogen and oxygen atoms in total. The lowest BCUT2D eigenvalue weighted by Gasteiger charge is -2.35. The molecule has 1 atom stereocenters. The van der Waals surface area contributed by atoms with Crippen LogP contribution in [0.25, 0.3) is 0 Å². The van der Waals surface area contributed by atoms with Crippen molar-refractivity contribution in [2.75, 3.05) is 0 Å². The molecule has 0 heteroatoms. The average molecular weight is 311 g/mol. The Bertz CT molecular complexity index is 543. The minimum atomic E-state index is 0.376. The topological polar surface area (TPSA) is 0 Å². The summed E-state index contributed by atoms with van der Waals surface area (Å²) < 4.78 is 0. The Morgan fingerprint density at radius 1 is 1.39 bits per heavy atom. The maximum Gasteiger partial charge on any atom is 0.0237 e. The van der Waals surface area contributed by atoms with E-state index in [9.17, 15) is 0 Å². The van der Waals surface area contributed by atoms with Gasteiger partial charge in [0.25, 0.3) is 0 Å². The Kier molecular flexibility index (Phi) is 7.63. The van der Waals surface area contributed by atoms with E-state index in [0.717, 1.165) is 30.4 Å². The van der Waals surface area contributed by atoms with Crippen molar-refractivity contribution < 1.29 is 0 Å². The zero-order valence-corrected chi connectivity index (χ0v) is 15.8. The number of allylic oxidation sites excluding steroid dienone is 7. The van der Waals surface area contributed by atoms with Crippen LogP contribution in [0.2, 0.25) is 0 Å². The lowest BCUT2D eigenvalue weighted by Crippen LogP contribution is -2.24. The molecular formula is C23H34. The van der Waals surface area contributed by atoms with Crippen LogP contribution in [0.1, 0.15) is 73.1 Å². The van der Waals surface area contributed by atoms with E-state index in [1.807, 2.05) is 13.0 Å². The highest BCUT2D eigenvalue weighted by Crippen LogP contribution is 2.41. The second kappa shape index (κ2) is 8.97. The zero-order chi connectivity index (χ0) is 17.5. The smallest absolute Gasteiger partial charge is 0.0237 e. The molecule has 0 bridgehead atoms. The van der Waals surface area contributed by atoms with Crippen LogP contribution < -0.4 is 0 Å². The maximum absolute atomic E-state index is 5.82. The molecule has 0 aliphatic heterocycles. The van der Waals surface area contributed by atoms with Crippen molar-refractivity contribution in [1.29, 1.82) is 0 Å². The van der Waals surface area contributed by atoms with Gasteiger partial charge in [0.1, 0.15) is 0 Å². The SMILES string of the molecule is C#CC1=C(CC(CCC)C(C)(C)CC)CCC(C(=C)/C=C\C)=C1. The Balaban J connectivity index is 3.06. The van der Waals surface area contributed by atoms with Crippen molar-refractivity contribution in [3.05, 3.63) is 47.1 Å². The van der Waals surface area contributed by atoms with Gasteiger partial charge in [-0.1, -0.05) is 70.8 Å². The van der Waals surface area contributed by atoms with Gasteiger partial charge in [0, 0.05) is 5.57 Å². The second-order valence-electron chi connectivity index (χ2n) is 7.39. The van der Waals surface area contributed by atoms with E-state index in [-0.39, 0.29) is 0 Å². The van der Waals surface area contributed by atoms with E-state index in [4.69, 9.17) is 6.42 Å². The summed E-state index contributed by atoms with van der Waals surface area (Å²) in [5, 5.41) is 0. The Hall–Kier alpha value is -1.48. The Labute approximate surface area is 144 Å². The summed E-state index contributed by atoms with van der Waals surface area (Å²) in [4.78, 5) is 0. The average Bonchev–Trinajstić information content (AvgIpc) is 2.54. The highest BCUT2D eigenvalue weighted by molar-refractivity contribution is 5.51. The normalized spacial score (nSPS) is 17.1. The molecule has 0 aromatic rings. The standard InChI is InChI=1S/C23H34/c1-8-12-18(5)20-14-15-21(19(10-3)16-20)17-22(13-9-2)23(6,7)11-4/h3,8,12,16,22H,5,9,11,13-15,17H2,1-2,4,6-7H3/b12-8-. The summed E-state index contributed by atoms with van der Waals surface area (Å²) >= 11 is 0. The van der Waals surface area contributed by atoms with E-state index in [1.165, 1.54) is 30.4 Å². The molecule has 1 rings (SSSR count). The summed E-state index contributed by atoms with van der Waals surface area (Å²) in [5.41, 5.74) is 5.34. The van der Waals surface area contributed by atoms with Gasteiger partial charge >= 0.3 is 0 Å². The van der Waals surface area contributed by atoms with Crippen LogP contribution in [-0.2, 0) is 0 Å². The molecule has 23 heavy (non-hydrogen) atoms. The lowest BCUT2D eigenvalue weighted by atomic mass is 9.70. The van der Waals surface area contributed by atoms with Crippen LogP contribution in [0.3, 0.4) is 0 Å². The third-order valence-electron chi connectivity index (χ3n) is 5.48. The fraction of sp³-hybridized carbons (Fsp3) is 0.565. The molecule has 0 N–H and O–H groups in total. The number of rotatable bonds is 8. The van der Waals surface area contributed by atoms with E-state index >= 15 is 0 Å². The molecular weight excluding hydrogens is 276 g/mol. The molecule has 0 saturated carbocycles. The van der Waals surface area contributed by atoms with Gasteiger partial charge in [0.2, 0.25) is 0 Å². The Morgan fingerprint density at radius 2 is 2.09 bits per heavy atom. The first kappa shape index (κ1) is 19.6. The molecule has 0 aromatic carbocycles. The van der Waals surface area contributed by atoms with Gasteiger partial charge in [-0.05, 0) is 61.2 Å². The van der Waals surface area contributed by atoms with Gasteiger partial charge in [0.15, 0.2) is 0 Å². The first-order valence-corrected chi connectivity index (χ1v) is 9.10. The van der Waals surface area contributed by atoms with Gasteiger partial charge in [-0.15, -0.1) is 6.42 Å². The van der Waals surface area contributed by atoms with Crippen LogP contribution in [0.5, 0.6) is 0 Å². The largest absolute Gasteiger partial charge is 0.115 e. The van der Waals surface area contributed by atoms with Crippen LogP contribution in [-0.4, -0.2) is 0 Å². The summed E-state index contributed by atoms with van der Waals surface area (Å²) in [5.74, 6) is 3.65. The molecule has 1 aliphatic carbocycles. The van der Waals surface area contributed by atoms with Crippen molar-refractivity contribution in [3.63, 3.8) is 0 Å². The van der Waals surface area contributed by atoms with E-state index in [1.54, 1.807) is 0 Å². The van der Waals surface area contributed by atoms with E-state index in [2.05, 4.69) is 52.3 Å². The number of hydrogen-bond acceptors (Lipinski definition) is 0. The summed E-state index contributed by atoms with van der Waals surface area (Å²) in [7, 11) is 0. The molecule has 1 unspecified atom stereocenters. The Morgan fingerprint density at radius 3 is 2.61 bits per heavy atom. The number of hydrogen-bond donors (Lipinski definition) is 0. The first-order valence-electron chi connectivity index (χ1n) is 9.10. The van der Waals surface area contributed by atoms with Crippen LogP contribution in [0, 0.1) is 23.7 Å². The van der Waals surface area contributed by atoms with Crippen LogP contribution in [0.4, 0.5) is 0 Å². The predicted octanol–water partition coefficient (Wildman–Crippen LogP) is 7.01. The van der Waals surface area contributed by atoms with Gasteiger partial charge in [-0.2, -0.15) is 0 Å². The molecule has 0 amide bonds. The van der Waals surface area contributed by atoms with Gasteiger partial charge in [-0.25, -0.2) is 0 Å². The first-order chi connectivity index (χ1) is 10.9. The fourth-order valence-electron chi connectivity index (χ4n) is 3.39. The van der Waals surface area contributed by atoms with Crippen molar-refractivity contribution in [1.82, 2.24) is 0 Å². The van der Waals surface area contributed by atoms with E-state index in [0.29, 0.717) is 11.3 Å². The predicted molar refractivity (Wildman–Crippen MR) is 104 cm³/mol. The van der Waals surface area contributed by atoms with Gasteiger partial charge in [-0.3, -0.25) is 0 Å².